The van der Waals surface area contributed by atoms with E-state index in [1.165, 1.54) is 99.3 Å². The molecule has 7 rings (SSSR count). The SMILES string of the molecule is CC(=O)Oc1cccc(C(=O)NCCCN(CCCN(Cc2ccccc2C(=O)NC(C(=O)N[C@@H]2C(=O)N3[C@@H]2SC(C)(C)[C@@H]3C(=O)O)c2ccccc2)C(=O)c2cccc(OC(C)=O)c2OC(C)=O)C(=O)c2cccc(OC(C)=O)c2OC(C)=O)c1OC(C)=O. The van der Waals surface area contributed by atoms with Crippen LogP contribution in [0, 0.1) is 0 Å². The van der Waals surface area contributed by atoms with Gasteiger partial charge in [0.05, 0.1) is 16.7 Å². The van der Waals surface area contributed by atoms with Crippen LogP contribution in [0.5, 0.6) is 34.5 Å². The van der Waals surface area contributed by atoms with Crippen molar-refractivity contribution < 1.29 is 95.9 Å². The molecule has 2 heterocycles. The number of thioether (sulfide) groups is 1. The van der Waals surface area contributed by atoms with Crippen molar-refractivity contribution in [1.29, 1.82) is 0 Å². The molecule has 5 aromatic rings. The summed E-state index contributed by atoms with van der Waals surface area (Å²) in [6.45, 7) is 8.70. The van der Waals surface area contributed by atoms with Crippen molar-refractivity contribution in [2.45, 2.75) is 103 Å². The normalized spacial score (nSPS) is 15.4. The number of carbonyl (C=O) groups excluding carboxylic acids is 12. The Morgan fingerprint density at radius 3 is 1.50 bits per heavy atom. The van der Waals surface area contributed by atoms with Crippen LogP contribution in [0.3, 0.4) is 0 Å². The van der Waals surface area contributed by atoms with E-state index in [1.807, 2.05) is 0 Å². The highest BCUT2D eigenvalue weighted by molar-refractivity contribution is 8.01. The Bertz CT molecular complexity index is 3690. The molecule has 0 aliphatic carbocycles. The van der Waals surface area contributed by atoms with Crippen LogP contribution in [0.1, 0.15) is 127 Å². The molecule has 2 aliphatic heterocycles. The van der Waals surface area contributed by atoms with Gasteiger partial charge in [0.1, 0.15) is 23.5 Å². The number of hydrogen-bond acceptors (Lipinski definition) is 20. The molecular formula is C63H64N6O20S. The third kappa shape index (κ3) is 16.4. The molecule has 0 aromatic heterocycles. The first-order chi connectivity index (χ1) is 42.7. The van der Waals surface area contributed by atoms with Gasteiger partial charge in [-0.15, -0.1) is 11.8 Å². The van der Waals surface area contributed by atoms with E-state index in [9.17, 15) is 62.6 Å². The Hall–Kier alpha value is -10.4. The molecule has 6 amide bonds. The average Bonchev–Trinajstić information content (AvgIpc) is 1.55. The number of carbonyl (C=O) groups is 13. The van der Waals surface area contributed by atoms with Gasteiger partial charge in [0, 0.05) is 84.6 Å². The third-order valence-corrected chi connectivity index (χ3v) is 15.3. The van der Waals surface area contributed by atoms with E-state index >= 15 is 4.79 Å². The van der Waals surface area contributed by atoms with Crippen molar-refractivity contribution in [2.75, 3.05) is 26.2 Å². The lowest BCUT2D eigenvalue weighted by molar-refractivity contribution is -0.161. The predicted molar refractivity (Wildman–Crippen MR) is 318 cm³/mol. The standard InChI is InChI=1S/C63H64N6O20S/c1-34(70)84-46-26-14-23-43(51(46)87-37(4)73)55(76)64-29-17-30-67(58(79)44-24-15-27-47(85-35(2)71)52(44)88-38(5)74)31-18-32-68(59(80)45-25-16-28-48(86-36(3)72)53(45)89-39(6)75)33-41-21-12-13-22-42(41)56(77)65-49(40-19-10-9-11-20-40)57(78)66-50-60(81)69-54(62(82)83)63(7,8)90-61(50)69/h9-16,19-28,49-50,54,61H,17-18,29-33H2,1-8H3,(H,64,76)(H,65,77)(H,66,78)(H,82,83)/t49?,50-,54+,61-/m1/s1. The number of benzene rings is 5. The Balaban J connectivity index is 1.21. The summed E-state index contributed by atoms with van der Waals surface area (Å²) in [6, 6.07) is 22.5. The Labute approximate surface area is 519 Å². The molecule has 5 aromatic carbocycles. The van der Waals surface area contributed by atoms with Gasteiger partial charge in [0.2, 0.25) is 11.8 Å². The van der Waals surface area contributed by atoms with E-state index in [0.717, 1.165) is 41.5 Å². The number of fused-ring (bicyclic) bond motifs is 1. The molecule has 27 heteroatoms. The smallest absolute Gasteiger partial charge is 0.327 e. The monoisotopic (exact) mass is 1260 g/mol. The number of β-lactam (4-membered cyclic amide) rings is 1. The van der Waals surface area contributed by atoms with E-state index in [-0.39, 0.29) is 89.8 Å². The number of rotatable bonds is 25. The zero-order valence-corrected chi connectivity index (χ0v) is 50.9. The molecule has 1 unspecified atom stereocenters. The zero-order valence-electron chi connectivity index (χ0n) is 50.1. The van der Waals surface area contributed by atoms with Crippen LogP contribution >= 0.6 is 11.8 Å². The first-order valence-electron chi connectivity index (χ1n) is 28.0. The molecule has 0 saturated carbocycles. The minimum Gasteiger partial charge on any atom is -0.480 e. The maximum atomic E-state index is 15.2. The summed E-state index contributed by atoms with van der Waals surface area (Å²) in [5.74, 6) is -12.7. The second-order valence-electron chi connectivity index (χ2n) is 21.0. The molecule has 2 aliphatic rings. The highest BCUT2D eigenvalue weighted by Gasteiger charge is 2.64. The van der Waals surface area contributed by atoms with E-state index < -0.39 is 124 Å². The Morgan fingerprint density at radius 2 is 0.989 bits per heavy atom. The van der Waals surface area contributed by atoms with Gasteiger partial charge in [-0.25, -0.2) is 4.79 Å². The number of carboxylic acid groups (broad SMARTS) is 1. The molecule has 0 spiro atoms. The van der Waals surface area contributed by atoms with Gasteiger partial charge in [-0.3, -0.25) is 57.5 Å². The number of aliphatic carboxylic acids is 1. The summed E-state index contributed by atoms with van der Waals surface area (Å²) in [4.78, 5) is 176. The molecule has 2 saturated heterocycles. The van der Waals surface area contributed by atoms with Crippen LogP contribution in [0.15, 0.2) is 109 Å². The summed E-state index contributed by atoms with van der Waals surface area (Å²) in [5, 5.41) is 17.5. The summed E-state index contributed by atoms with van der Waals surface area (Å²) >= 11 is 1.22. The largest absolute Gasteiger partial charge is 0.480 e. The number of nitrogens with one attached hydrogen (secondary N) is 3. The molecule has 2 fully saturated rings. The molecule has 472 valence electrons. The first-order valence-corrected chi connectivity index (χ1v) is 28.9. The van der Waals surface area contributed by atoms with Crippen LogP contribution in [0.4, 0.5) is 0 Å². The lowest BCUT2D eigenvalue weighted by Gasteiger charge is -2.44. The van der Waals surface area contributed by atoms with Crippen LogP contribution < -0.4 is 44.4 Å². The fraction of sp³-hybridized carbons (Fsp3) is 0.317. The number of para-hydroxylation sites is 3. The van der Waals surface area contributed by atoms with Gasteiger partial charge in [-0.2, -0.15) is 0 Å². The number of nitrogens with zero attached hydrogens (tertiary/aromatic N) is 3. The van der Waals surface area contributed by atoms with Crippen molar-refractivity contribution in [3.05, 3.63) is 143 Å². The van der Waals surface area contributed by atoms with Gasteiger partial charge < -0.3 is 64.2 Å². The minimum absolute atomic E-state index is 0.0106. The molecule has 0 radical (unpaired) electrons. The first kappa shape index (κ1) is 67.1. The van der Waals surface area contributed by atoms with Crippen molar-refractivity contribution in [3.63, 3.8) is 0 Å². The molecule has 90 heavy (non-hydrogen) atoms. The van der Waals surface area contributed by atoms with Crippen LogP contribution in [-0.4, -0.2) is 145 Å². The van der Waals surface area contributed by atoms with Crippen molar-refractivity contribution in [3.8, 4) is 34.5 Å². The fourth-order valence-corrected chi connectivity index (χ4v) is 11.7. The molecule has 26 nitrogen and oxygen atoms in total. The van der Waals surface area contributed by atoms with E-state index in [2.05, 4.69) is 16.0 Å². The quantitative estimate of drug-likeness (QED) is 0.0248. The number of amides is 6. The Kier molecular flexibility index (Phi) is 22.0. The van der Waals surface area contributed by atoms with Crippen molar-refractivity contribution in [2.24, 2.45) is 0 Å². The van der Waals surface area contributed by atoms with Gasteiger partial charge in [0.25, 0.3) is 23.6 Å². The highest BCUT2D eigenvalue weighted by atomic mass is 32.2. The number of hydrogen-bond donors (Lipinski definition) is 4. The number of ether oxygens (including phenoxy) is 6. The molecule has 4 N–H and O–H groups in total. The minimum atomic E-state index is -1.43. The van der Waals surface area contributed by atoms with E-state index in [4.69, 9.17) is 28.4 Å². The third-order valence-electron chi connectivity index (χ3n) is 13.7. The van der Waals surface area contributed by atoms with E-state index in [1.54, 1.807) is 50.2 Å². The second-order valence-corrected chi connectivity index (χ2v) is 22.8. The zero-order chi connectivity index (χ0) is 65.7. The fourth-order valence-electron chi connectivity index (χ4n) is 10.1. The van der Waals surface area contributed by atoms with Crippen molar-refractivity contribution >= 4 is 89.0 Å². The summed E-state index contributed by atoms with van der Waals surface area (Å²) in [5.41, 5.74) is -0.213. The number of carboxylic acids is 1. The Morgan fingerprint density at radius 1 is 0.544 bits per heavy atom. The molecule has 0 bridgehead atoms. The topological polar surface area (TPSA) is 343 Å². The van der Waals surface area contributed by atoms with Gasteiger partial charge >= 0.3 is 41.8 Å². The van der Waals surface area contributed by atoms with Gasteiger partial charge in [-0.1, -0.05) is 66.7 Å². The van der Waals surface area contributed by atoms with Crippen LogP contribution in [-0.2, 0) is 49.7 Å². The van der Waals surface area contributed by atoms with E-state index in [0.29, 0.717) is 5.56 Å². The summed E-state index contributed by atoms with van der Waals surface area (Å²) < 4.78 is 31.1. The average molecular weight is 1260 g/mol. The highest BCUT2D eigenvalue weighted by Crippen LogP contribution is 2.51. The van der Waals surface area contributed by atoms with Gasteiger partial charge in [0.15, 0.2) is 34.5 Å². The second kappa shape index (κ2) is 29.5. The summed E-state index contributed by atoms with van der Waals surface area (Å²) in [6.07, 6.45) is -0.0834. The van der Waals surface area contributed by atoms with Crippen LogP contribution in [0.2, 0.25) is 0 Å². The lowest BCUT2D eigenvalue weighted by atomic mass is 9.95. The lowest BCUT2D eigenvalue weighted by Crippen LogP contribution is -2.71. The maximum absolute atomic E-state index is 15.2. The summed E-state index contributed by atoms with van der Waals surface area (Å²) in [7, 11) is 0. The molecular weight excluding hydrogens is 1190 g/mol. The van der Waals surface area contributed by atoms with Gasteiger partial charge in [-0.05, 0) is 80.3 Å². The van der Waals surface area contributed by atoms with Crippen LogP contribution in [0.25, 0.3) is 0 Å². The molecule has 4 atom stereocenters. The van der Waals surface area contributed by atoms with Crippen molar-refractivity contribution in [1.82, 2.24) is 30.7 Å². The maximum Gasteiger partial charge on any atom is 0.327 e. The predicted octanol–water partition coefficient (Wildman–Crippen LogP) is 5.34. The number of esters is 6.